The van der Waals surface area contributed by atoms with Crippen LogP contribution in [0.3, 0.4) is 0 Å². The summed E-state index contributed by atoms with van der Waals surface area (Å²) in [6.07, 6.45) is 6.43. The molecule has 0 aliphatic carbocycles. The fraction of sp³-hybridized carbons (Fsp3) is 0.462. The predicted octanol–water partition coefficient (Wildman–Crippen LogP) is -0.195. The van der Waals surface area contributed by atoms with Gasteiger partial charge in [-0.05, 0) is 12.5 Å². The minimum absolute atomic E-state index is 0.385. The smallest absolute Gasteiger partial charge is 0.257 e. The molecule has 0 atom stereocenters. The van der Waals surface area contributed by atoms with Gasteiger partial charge in [-0.3, -0.25) is 0 Å². The number of hydrogen-bond acceptors (Lipinski definition) is 7. The van der Waals surface area contributed by atoms with Gasteiger partial charge in [0, 0.05) is 25.5 Å². The predicted molar refractivity (Wildman–Crippen MR) is 77.5 cm³/mol. The molecule has 1 fully saturated rings. The molecule has 0 saturated carbocycles. The third kappa shape index (κ3) is 3.30. The van der Waals surface area contributed by atoms with E-state index in [0.29, 0.717) is 18.8 Å². The molecule has 22 heavy (non-hydrogen) atoms. The van der Waals surface area contributed by atoms with E-state index in [1.807, 2.05) is 0 Å². The van der Waals surface area contributed by atoms with Crippen LogP contribution in [0.5, 0.6) is 0 Å². The van der Waals surface area contributed by atoms with Gasteiger partial charge in [0.2, 0.25) is 11.2 Å². The van der Waals surface area contributed by atoms with Crippen molar-refractivity contribution in [3.63, 3.8) is 0 Å². The number of piperazine rings is 1. The molecule has 1 aliphatic heterocycles. The number of aromatic nitrogens is 4. The lowest BCUT2D eigenvalue weighted by atomic mass is 10.4. The van der Waals surface area contributed by atoms with E-state index in [0.717, 1.165) is 38.4 Å². The Morgan fingerprint density at radius 3 is 2.77 bits per heavy atom. The summed E-state index contributed by atoms with van der Waals surface area (Å²) in [6, 6.07) is 1.81. The van der Waals surface area contributed by atoms with Crippen molar-refractivity contribution in [2.24, 2.45) is 0 Å². The van der Waals surface area contributed by atoms with Crippen molar-refractivity contribution in [2.45, 2.75) is 6.42 Å². The monoisotopic (exact) mass is 303 g/mol. The normalized spacial score (nSPS) is 14.9. The van der Waals surface area contributed by atoms with Gasteiger partial charge in [0.15, 0.2) is 0 Å². The Morgan fingerprint density at radius 1 is 1.27 bits per heavy atom. The summed E-state index contributed by atoms with van der Waals surface area (Å²) >= 11 is 0. The van der Waals surface area contributed by atoms with E-state index < -0.39 is 0 Å². The number of carbonyl (C=O) groups is 1. The molecule has 3 rings (SSSR count). The first-order valence-corrected chi connectivity index (χ1v) is 7.14. The fourth-order valence-electron chi connectivity index (χ4n) is 2.22. The van der Waals surface area contributed by atoms with Crippen LogP contribution in [0.25, 0.3) is 5.32 Å². The van der Waals surface area contributed by atoms with E-state index in [-0.39, 0.29) is 0 Å². The van der Waals surface area contributed by atoms with Crippen molar-refractivity contribution in [1.29, 1.82) is 0 Å². The van der Waals surface area contributed by atoms with Crippen LogP contribution in [0.15, 0.2) is 29.2 Å². The molecule has 3 heterocycles. The molecule has 2 aromatic rings. The molecule has 0 amide bonds. The molecule has 0 unspecified atom stereocenters. The van der Waals surface area contributed by atoms with Crippen LogP contribution < -0.4 is 14.7 Å². The van der Waals surface area contributed by atoms with Crippen LogP contribution in [-0.4, -0.2) is 54.2 Å². The molecule has 9 nitrogen and oxygen atoms in total. The topological polar surface area (TPSA) is 93.3 Å². The van der Waals surface area contributed by atoms with E-state index in [2.05, 4.69) is 30.5 Å². The SMILES string of the molecule is O=CCC[N-]c1c[n+](N2CCN(c3ncccn3)CC2)no1. The zero-order chi connectivity index (χ0) is 15.2. The first-order chi connectivity index (χ1) is 10.9. The highest BCUT2D eigenvalue weighted by Gasteiger charge is 2.25. The lowest BCUT2D eigenvalue weighted by Gasteiger charge is -2.29. The van der Waals surface area contributed by atoms with Crippen molar-refractivity contribution in [1.82, 2.24) is 15.2 Å². The molecule has 0 aromatic carbocycles. The Bertz CT molecular complexity index is 595. The summed E-state index contributed by atoms with van der Waals surface area (Å²) < 4.78 is 5.13. The summed E-state index contributed by atoms with van der Waals surface area (Å²) in [4.78, 5) is 22.6. The Labute approximate surface area is 127 Å². The fourth-order valence-corrected chi connectivity index (χ4v) is 2.22. The average Bonchev–Trinajstić information content (AvgIpc) is 3.05. The van der Waals surface area contributed by atoms with Gasteiger partial charge < -0.3 is 19.5 Å². The van der Waals surface area contributed by atoms with Crippen LogP contribution in [0.1, 0.15) is 6.42 Å². The summed E-state index contributed by atoms with van der Waals surface area (Å²) in [5, 5.41) is 10.1. The number of nitrogens with zero attached hydrogens (tertiary/aromatic N) is 7. The van der Waals surface area contributed by atoms with Crippen molar-refractivity contribution in [2.75, 3.05) is 42.6 Å². The van der Waals surface area contributed by atoms with E-state index in [9.17, 15) is 4.79 Å². The second-order valence-corrected chi connectivity index (χ2v) is 4.79. The largest absolute Gasteiger partial charge is 0.645 e. The first-order valence-electron chi connectivity index (χ1n) is 7.14. The molecule has 9 heteroatoms. The second kappa shape index (κ2) is 6.83. The van der Waals surface area contributed by atoms with Gasteiger partial charge in [-0.2, -0.15) is 0 Å². The Balaban J connectivity index is 1.54. The highest BCUT2D eigenvalue weighted by Crippen LogP contribution is 2.14. The summed E-state index contributed by atoms with van der Waals surface area (Å²) in [6.45, 7) is 3.59. The Morgan fingerprint density at radius 2 is 2.05 bits per heavy atom. The third-order valence-electron chi connectivity index (χ3n) is 3.34. The van der Waals surface area contributed by atoms with Gasteiger partial charge in [-0.25, -0.2) is 9.97 Å². The number of carbonyl (C=O) groups excluding carboxylic acids is 1. The van der Waals surface area contributed by atoms with Gasteiger partial charge in [0.25, 0.3) is 6.20 Å². The van der Waals surface area contributed by atoms with E-state index in [4.69, 9.17) is 4.52 Å². The molecule has 0 N–H and O–H groups in total. The van der Waals surface area contributed by atoms with E-state index >= 15 is 0 Å². The van der Waals surface area contributed by atoms with Crippen LogP contribution in [0.4, 0.5) is 11.8 Å². The number of aldehydes is 1. The molecule has 116 valence electrons. The molecule has 1 aliphatic rings. The van der Waals surface area contributed by atoms with Crippen molar-refractivity contribution in [3.8, 4) is 0 Å². The maximum atomic E-state index is 10.3. The second-order valence-electron chi connectivity index (χ2n) is 4.79. The standard InChI is InChI=1S/C13H17N7O2/c21-10-2-5-14-12-11-20(17-22-12)19-8-6-18(7-9-19)13-15-3-1-4-16-13/h1,3-4,10-11H,2,5-9H2. The lowest BCUT2D eigenvalue weighted by molar-refractivity contribution is -0.758. The van der Waals surface area contributed by atoms with Crippen molar-refractivity contribution >= 4 is 18.1 Å². The summed E-state index contributed by atoms with van der Waals surface area (Å²) in [7, 11) is 0. The van der Waals surface area contributed by atoms with Crippen LogP contribution >= 0.6 is 0 Å². The minimum atomic E-state index is 0.385. The molecular weight excluding hydrogens is 286 g/mol. The number of rotatable bonds is 6. The summed E-state index contributed by atoms with van der Waals surface area (Å²) in [5.74, 6) is 1.17. The quantitative estimate of drug-likeness (QED) is 0.414. The van der Waals surface area contributed by atoms with Gasteiger partial charge in [0.1, 0.15) is 12.2 Å². The van der Waals surface area contributed by atoms with Crippen LogP contribution in [-0.2, 0) is 4.79 Å². The molecule has 1 saturated heterocycles. The van der Waals surface area contributed by atoms with Crippen LogP contribution in [0, 0.1) is 0 Å². The van der Waals surface area contributed by atoms with Gasteiger partial charge in [-0.1, -0.05) is 0 Å². The first kappa shape index (κ1) is 14.2. The average molecular weight is 303 g/mol. The zero-order valence-corrected chi connectivity index (χ0v) is 12.1. The van der Waals surface area contributed by atoms with E-state index in [1.165, 1.54) is 0 Å². The van der Waals surface area contributed by atoms with Crippen LogP contribution in [0.2, 0.25) is 0 Å². The lowest BCUT2D eigenvalue weighted by Crippen LogP contribution is -2.65. The minimum Gasteiger partial charge on any atom is -0.645 e. The molecule has 2 aromatic heterocycles. The molecular formula is C13H17N7O2. The number of anilines is 1. The maximum Gasteiger partial charge on any atom is 0.257 e. The Kier molecular flexibility index (Phi) is 4.42. The number of hydrogen-bond donors (Lipinski definition) is 0. The van der Waals surface area contributed by atoms with Gasteiger partial charge in [0.05, 0.1) is 17.9 Å². The molecule has 0 bridgehead atoms. The maximum absolute atomic E-state index is 10.3. The Hall–Kier alpha value is -2.71. The highest BCUT2D eigenvalue weighted by atomic mass is 16.5. The van der Waals surface area contributed by atoms with Gasteiger partial charge >= 0.3 is 0 Å². The summed E-state index contributed by atoms with van der Waals surface area (Å²) in [5.41, 5.74) is 0. The highest BCUT2D eigenvalue weighted by molar-refractivity contribution is 5.51. The molecule has 0 spiro atoms. The van der Waals surface area contributed by atoms with Gasteiger partial charge in [-0.15, -0.1) is 11.6 Å². The van der Waals surface area contributed by atoms with E-state index in [1.54, 1.807) is 29.4 Å². The zero-order valence-electron chi connectivity index (χ0n) is 12.1. The van der Waals surface area contributed by atoms with Crippen molar-refractivity contribution < 1.29 is 14.1 Å². The third-order valence-corrected chi connectivity index (χ3v) is 3.34. The van der Waals surface area contributed by atoms with Crippen molar-refractivity contribution in [3.05, 3.63) is 30.0 Å². The molecule has 0 radical (unpaired) electrons.